The summed E-state index contributed by atoms with van der Waals surface area (Å²) in [6.07, 6.45) is 0.491. The van der Waals surface area contributed by atoms with E-state index in [0.29, 0.717) is 37.0 Å². The molecule has 0 atom stereocenters. The van der Waals surface area contributed by atoms with Crippen molar-refractivity contribution in [2.45, 2.75) is 34.1 Å². The third-order valence-corrected chi connectivity index (χ3v) is 2.43. The number of hydrogen-bond donors (Lipinski definition) is 1. The van der Waals surface area contributed by atoms with E-state index in [0.717, 1.165) is 5.75 Å². The zero-order valence-corrected chi connectivity index (χ0v) is 12.2. The summed E-state index contributed by atoms with van der Waals surface area (Å²) in [4.78, 5) is 11.8. The van der Waals surface area contributed by atoms with Gasteiger partial charge in [0.15, 0.2) is 0 Å². The predicted molar refractivity (Wildman–Crippen MR) is 76.9 cm³/mol. The lowest BCUT2D eigenvalue weighted by molar-refractivity contribution is -0.116. The molecule has 0 aliphatic rings. The first kappa shape index (κ1) is 15.3. The largest absolute Gasteiger partial charge is 0.494 e. The lowest BCUT2D eigenvalue weighted by Gasteiger charge is -2.14. The average molecular weight is 265 g/mol. The van der Waals surface area contributed by atoms with E-state index in [9.17, 15) is 4.79 Å². The predicted octanol–water partition coefficient (Wildman–Crippen LogP) is 3.47. The van der Waals surface area contributed by atoms with Gasteiger partial charge in [0, 0.05) is 12.5 Å². The fourth-order valence-corrected chi connectivity index (χ4v) is 1.72. The maximum Gasteiger partial charge on any atom is 0.224 e. The highest BCUT2D eigenvalue weighted by atomic mass is 16.5. The first-order valence-electron chi connectivity index (χ1n) is 6.76. The Morgan fingerprint density at radius 3 is 2.47 bits per heavy atom. The van der Waals surface area contributed by atoms with E-state index in [1.165, 1.54) is 0 Å². The summed E-state index contributed by atoms with van der Waals surface area (Å²) in [6.45, 7) is 9.01. The molecule has 0 saturated heterocycles. The minimum absolute atomic E-state index is 0.00963. The quantitative estimate of drug-likeness (QED) is 0.821. The third-order valence-electron chi connectivity index (χ3n) is 2.43. The second kappa shape index (κ2) is 7.67. The van der Waals surface area contributed by atoms with E-state index in [4.69, 9.17) is 9.47 Å². The van der Waals surface area contributed by atoms with Crippen LogP contribution in [0.25, 0.3) is 0 Å². The Balaban J connectivity index is 2.86. The second-order valence-electron chi connectivity index (χ2n) is 4.67. The summed E-state index contributed by atoms with van der Waals surface area (Å²) in [6, 6.07) is 5.46. The molecule has 1 N–H and O–H groups in total. The van der Waals surface area contributed by atoms with Crippen LogP contribution in [0.15, 0.2) is 18.2 Å². The molecule has 0 radical (unpaired) electrons. The topological polar surface area (TPSA) is 47.6 Å². The summed E-state index contributed by atoms with van der Waals surface area (Å²) in [7, 11) is 0. The van der Waals surface area contributed by atoms with Crippen LogP contribution in [0.2, 0.25) is 0 Å². The van der Waals surface area contributed by atoms with Crippen LogP contribution in [0, 0.1) is 5.92 Å². The molecule has 0 spiro atoms. The Kier molecular flexibility index (Phi) is 6.19. The highest BCUT2D eigenvalue weighted by Crippen LogP contribution is 2.29. The van der Waals surface area contributed by atoms with Crippen molar-refractivity contribution in [3.63, 3.8) is 0 Å². The van der Waals surface area contributed by atoms with Crippen molar-refractivity contribution in [3.05, 3.63) is 18.2 Å². The molecular weight excluding hydrogens is 242 g/mol. The monoisotopic (exact) mass is 265 g/mol. The van der Waals surface area contributed by atoms with Crippen LogP contribution in [0.5, 0.6) is 11.5 Å². The lowest BCUT2D eigenvalue weighted by atomic mass is 10.1. The summed E-state index contributed by atoms with van der Waals surface area (Å²) in [5.74, 6) is 1.71. The van der Waals surface area contributed by atoms with Crippen molar-refractivity contribution in [2.24, 2.45) is 5.92 Å². The maximum atomic E-state index is 11.8. The Morgan fingerprint density at radius 2 is 1.89 bits per heavy atom. The Hall–Kier alpha value is -1.71. The van der Waals surface area contributed by atoms with Crippen molar-refractivity contribution < 1.29 is 14.3 Å². The Morgan fingerprint density at radius 1 is 1.21 bits per heavy atom. The van der Waals surface area contributed by atoms with Gasteiger partial charge < -0.3 is 14.8 Å². The molecule has 0 aliphatic heterocycles. The molecule has 0 fully saturated rings. The molecule has 106 valence electrons. The maximum absolute atomic E-state index is 11.8. The standard InChI is InChI=1S/C15H23NO3/c1-5-18-12-7-8-14(19-6-2)13(10-12)16-15(17)9-11(3)4/h7-8,10-11H,5-6,9H2,1-4H3,(H,16,17). The second-order valence-corrected chi connectivity index (χ2v) is 4.67. The molecule has 1 rings (SSSR count). The number of hydrogen-bond acceptors (Lipinski definition) is 3. The molecule has 19 heavy (non-hydrogen) atoms. The fourth-order valence-electron chi connectivity index (χ4n) is 1.72. The van der Waals surface area contributed by atoms with Gasteiger partial charge in [0.2, 0.25) is 5.91 Å². The Bertz CT molecular complexity index is 416. The van der Waals surface area contributed by atoms with Crippen LogP contribution in [0.4, 0.5) is 5.69 Å². The normalized spacial score (nSPS) is 10.4. The van der Waals surface area contributed by atoms with E-state index >= 15 is 0 Å². The van der Waals surface area contributed by atoms with Crippen molar-refractivity contribution in [1.82, 2.24) is 0 Å². The van der Waals surface area contributed by atoms with Crippen molar-refractivity contribution in [1.29, 1.82) is 0 Å². The van der Waals surface area contributed by atoms with Crippen LogP contribution in [0.3, 0.4) is 0 Å². The molecule has 0 heterocycles. The minimum Gasteiger partial charge on any atom is -0.494 e. The van der Waals surface area contributed by atoms with Gasteiger partial charge in [-0.2, -0.15) is 0 Å². The smallest absolute Gasteiger partial charge is 0.224 e. The number of ether oxygens (including phenoxy) is 2. The molecule has 0 aliphatic carbocycles. The number of carbonyl (C=O) groups excluding carboxylic acids is 1. The number of amides is 1. The number of anilines is 1. The van der Waals surface area contributed by atoms with Crippen molar-refractivity contribution in [3.8, 4) is 11.5 Å². The van der Waals surface area contributed by atoms with Gasteiger partial charge in [-0.1, -0.05) is 13.8 Å². The molecule has 0 unspecified atom stereocenters. The summed E-state index contributed by atoms with van der Waals surface area (Å²) >= 11 is 0. The summed E-state index contributed by atoms with van der Waals surface area (Å²) < 4.78 is 10.9. The van der Waals surface area contributed by atoms with Crippen LogP contribution in [-0.2, 0) is 4.79 Å². The van der Waals surface area contributed by atoms with Gasteiger partial charge in [-0.25, -0.2) is 0 Å². The summed E-state index contributed by atoms with van der Waals surface area (Å²) in [5, 5.41) is 2.88. The number of benzene rings is 1. The molecule has 0 saturated carbocycles. The number of nitrogens with one attached hydrogen (secondary N) is 1. The van der Waals surface area contributed by atoms with Gasteiger partial charge in [-0.3, -0.25) is 4.79 Å². The van der Waals surface area contributed by atoms with Crippen molar-refractivity contribution in [2.75, 3.05) is 18.5 Å². The molecule has 4 nitrogen and oxygen atoms in total. The zero-order chi connectivity index (χ0) is 14.3. The lowest BCUT2D eigenvalue weighted by Crippen LogP contribution is -2.14. The SMILES string of the molecule is CCOc1ccc(OCC)c(NC(=O)CC(C)C)c1. The van der Waals surface area contributed by atoms with Crippen molar-refractivity contribution >= 4 is 11.6 Å². The molecule has 0 aromatic heterocycles. The van der Waals surface area contributed by atoms with E-state index in [1.807, 2.05) is 39.8 Å². The van der Waals surface area contributed by atoms with Crippen LogP contribution >= 0.6 is 0 Å². The fraction of sp³-hybridized carbons (Fsp3) is 0.533. The Labute approximate surface area is 115 Å². The van der Waals surface area contributed by atoms with Gasteiger partial charge in [-0.15, -0.1) is 0 Å². The van der Waals surface area contributed by atoms with E-state index in [1.54, 1.807) is 6.07 Å². The van der Waals surface area contributed by atoms with Gasteiger partial charge >= 0.3 is 0 Å². The molecule has 1 aromatic carbocycles. The highest BCUT2D eigenvalue weighted by molar-refractivity contribution is 5.92. The number of rotatable bonds is 7. The van der Waals surface area contributed by atoms with E-state index < -0.39 is 0 Å². The molecule has 1 aromatic rings. The van der Waals surface area contributed by atoms with Gasteiger partial charge in [0.05, 0.1) is 18.9 Å². The minimum atomic E-state index is -0.00963. The third kappa shape index (κ3) is 5.20. The first-order chi connectivity index (χ1) is 9.06. The van der Waals surface area contributed by atoms with Crippen LogP contribution in [-0.4, -0.2) is 19.1 Å². The van der Waals surface area contributed by atoms with Gasteiger partial charge in [0.25, 0.3) is 0 Å². The zero-order valence-electron chi connectivity index (χ0n) is 12.2. The highest BCUT2D eigenvalue weighted by Gasteiger charge is 2.10. The molecule has 1 amide bonds. The van der Waals surface area contributed by atoms with E-state index in [2.05, 4.69) is 5.32 Å². The molecular formula is C15H23NO3. The average Bonchev–Trinajstić information content (AvgIpc) is 2.32. The van der Waals surface area contributed by atoms with Gasteiger partial charge in [0.1, 0.15) is 11.5 Å². The van der Waals surface area contributed by atoms with Gasteiger partial charge in [-0.05, 0) is 31.9 Å². The van der Waals surface area contributed by atoms with E-state index in [-0.39, 0.29) is 5.91 Å². The summed E-state index contributed by atoms with van der Waals surface area (Å²) in [5.41, 5.74) is 0.665. The number of carbonyl (C=O) groups is 1. The van der Waals surface area contributed by atoms with Crippen LogP contribution < -0.4 is 14.8 Å². The molecule has 4 heteroatoms. The first-order valence-corrected chi connectivity index (χ1v) is 6.76. The van der Waals surface area contributed by atoms with Crippen LogP contribution in [0.1, 0.15) is 34.1 Å². The molecule has 0 bridgehead atoms.